The zero-order valence-corrected chi connectivity index (χ0v) is 10.8. The normalized spacial score (nSPS) is 14.5. The van der Waals surface area contributed by atoms with Gasteiger partial charge in [0, 0.05) is 15.7 Å². The SMILES string of the molecule is CC(O)C(C)Sc1ccc(C(=N)N)c(Cl)c1. The van der Waals surface area contributed by atoms with Crippen LogP contribution in [0.25, 0.3) is 0 Å². The van der Waals surface area contributed by atoms with Crippen molar-refractivity contribution in [3.8, 4) is 0 Å². The molecule has 88 valence electrons. The summed E-state index contributed by atoms with van der Waals surface area (Å²) in [5.41, 5.74) is 5.90. The number of benzene rings is 1. The van der Waals surface area contributed by atoms with Crippen LogP contribution in [0.1, 0.15) is 19.4 Å². The van der Waals surface area contributed by atoms with Gasteiger partial charge >= 0.3 is 0 Å². The van der Waals surface area contributed by atoms with Crippen molar-refractivity contribution < 1.29 is 5.11 Å². The lowest BCUT2D eigenvalue weighted by Gasteiger charge is -2.14. The number of nitrogens with one attached hydrogen (secondary N) is 1. The van der Waals surface area contributed by atoms with Crippen molar-refractivity contribution in [1.82, 2.24) is 0 Å². The smallest absolute Gasteiger partial charge is 0.124 e. The Balaban J connectivity index is 2.85. The molecule has 16 heavy (non-hydrogen) atoms. The summed E-state index contributed by atoms with van der Waals surface area (Å²) >= 11 is 7.53. The second-order valence-corrected chi connectivity index (χ2v) is 5.48. The van der Waals surface area contributed by atoms with E-state index in [0.717, 1.165) is 4.90 Å². The molecule has 0 aromatic heterocycles. The largest absolute Gasteiger partial charge is 0.392 e. The van der Waals surface area contributed by atoms with Crippen molar-refractivity contribution in [3.05, 3.63) is 28.8 Å². The van der Waals surface area contributed by atoms with Crippen LogP contribution in [0.15, 0.2) is 23.1 Å². The number of nitrogens with two attached hydrogens (primary N) is 1. The van der Waals surface area contributed by atoms with Crippen LogP contribution in [0.4, 0.5) is 0 Å². The van der Waals surface area contributed by atoms with E-state index in [2.05, 4.69) is 0 Å². The molecular formula is C11H15ClN2OS. The average molecular weight is 259 g/mol. The van der Waals surface area contributed by atoms with E-state index in [1.165, 1.54) is 0 Å². The Bertz CT molecular complexity index is 396. The lowest BCUT2D eigenvalue weighted by molar-refractivity contribution is 0.196. The first-order chi connectivity index (χ1) is 7.41. The Labute approximate surface area is 105 Å². The van der Waals surface area contributed by atoms with Crippen molar-refractivity contribution in [2.24, 2.45) is 5.73 Å². The summed E-state index contributed by atoms with van der Waals surface area (Å²) < 4.78 is 0. The molecule has 1 rings (SSSR count). The standard InChI is InChI=1S/C11H15ClN2OS/c1-6(15)7(2)16-8-3-4-9(11(13)14)10(12)5-8/h3-7,15H,1-2H3,(H3,13,14). The molecule has 0 aliphatic rings. The first-order valence-corrected chi connectivity index (χ1v) is 6.16. The Morgan fingerprint density at radius 3 is 2.56 bits per heavy atom. The Morgan fingerprint density at radius 1 is 1.50 bits per heavy atom. The quantitative estimate of drug-likeness (QED) is 0.441. The number of thioether (sulfide) groups is 1. The number of aliphatic hydroxyl groups excluding tert-OH is 1. The topological polar surface area (TPSA) is 70.1 Å². The maximum atomic E-state index is 9.39. The summed E-state index contributed by atoms with van der Waals surface area (Å²) in [6, 6.07) is 5.34. The third kappa shape index (κ3) is 3.40. The second-order valence-electron chi connectivity index (χ2n) is 3.62. The van der Waals surface area contributed by atoms with Gasteiger partial charge in [0.05, 0.1) is 11.1 Å². The van der Waals surface area contributed by atoms with Crippen molar-refractivity contribution in [3.63, 3.8) is 0 Å². The summed E-state index contributed by atoms with van der Waals surface area (Å²) in [5.74, 6) is -0.0369. The van der Waals surface area contributed by atoms with Crippen LogP contribution in [0, 0.1) is 5.41 Å². The molecule has 0 fully saturated rings. The van der Waals surface area contributed by atoms with E-state index in [0.29, 0.717) is 10.6 Å². The van der Waals surface area contributed by atoms with Gasteiger partial charge in [-0.2, -0.15) is 0 Å². The number of hydrogen-bond donors (Lipinski definition) is 3. The molecule has 4 N–H and O–H groups in total. The van der Waals surface area contributed by atoms with Crippen LogP contribution in [-0.4, -0.2) is 22.3 Å². The lowest BCUT2D eigenvalue weighted by atomic mass is 10.2. The third-order valence-corrected chi connectivity index (χ3v) is 3.84. The first kappa shape index (κ1) is 13.4. The van der Waals surface area contributed by atoms with E-state index < -0.39 is 0 Å². The number of amidine groups is 1. The predicted octanol–water partition coefficient (Wildman–Crippen LogP) is 2.49. The Hall–Kier alpha value is -0.710. The zero-order chi connectivity index (χ0) is 12.3. The number of hydrogen-bond acceptors (Lipinski definition) is 3. The molecule has 0 heterocycles. The van der Waals surface area contributed by atoms with E-state index in [1.807, 2.05) is 13.0 Å². The fourth-order valence-corrected chi connectivity index (χ4v) is 2.41. The Kier molecular flexibility index (Phi) is 4.65. The van der Waals surface area contributed by atoms with Gasteiger partial charge in [0.2, 0.25) is 0 Å². The van der Waals surface area contributed by atoms with E-state index in [4.69, 9.17) is 22.7 Å². The molecule has 0 aliphatic heterocycles. The van der Waals surface area contributed by atoms with Gasteiger partial charge in [0.1, 0.15) is 5.84 Å². The van der Waals surface area contributed by atoms with Crippen LogP contribution in [0.3, 0.4) is 0 Å². The maximum absolute atomic E-state index is 9.39. The second kappa shape index (κ2) is 5.57. The number of nitrogen functional groups attached to an aromatic ring is 1. The molecule has 1 aromatic carbocycles. The van der Waals surface area contributed by atoms with Crippen molar-refractivity contribution in [1.29, 1.82) is 5.41 Å². The van der Waals surface area contributed by atoms with E-state index in [-0.39, 0.29) is 17.2 Å². The molecular weight excluding hydrogens is 244 g/mol. The van der Waals surface area contributed by atoms with Crippen molar-refractivity contribution in [2.75, 3.05) is 0 Å². The summed E-state index contributed by atoms with van der Waals surface area (Å²) in [5, 5.41) is 17.3. The highest BCUT2D eigenvalue weighted by Crippen LogP contribution is 2.29. The minimum Gasteiger partial charge on any atom is -0.392 e. The van der Waals surface area contributed by atoms with Crippen LogP contribution >= 0.6 is 23.4 Å². The zero-order valence-electron chi connectivity index (χ0n) is 9.20. The van der Waals surface area contributed by atoms with Crippen molar-refractivity contribution in [2.45, 2.75) is 30.1 Å². The molecule has 3 nitrogen and oxygen atoms in total. The van der Waals surface area contributed by atoms with Gasteiger partial charge in [-0.3, -0.25) is 5.41 Å². The molecule has 2 atom stereocenters. The molecule has 0 saturated carbocycles. The van der Waals surface area contributed by atoms with Gasteiger partial charge in [-0.1, -0.05) is 18.5 Å². The van der Waals surface area contributed by atoms with Crippen LogP contribution in [0.2, 0.25) is 5.02 Å². The highest BCUT2D eigenvalue weighted by molar-refractivity contribution is 8.00. The maximum Gasteiger partial charge on any atom is 0.124 e. The minimum absolute atomic E-state index is 0.0369. The monoisotopic (exact) mass is 258 g/mol. The highest BCUT2D eigenvalue weighted by atomic mass is 35.5. The summed E-state index contributed by atoms with van der Waals surface area (Å²) in [6.45, 7) is 3.70. The number of aliphatic hydroxyl groups is 1. The predicted molar refractivity (Wildman–Crippen MR) is 69.5 cm³/mol. The van der Waals surface area contributed by atoms with Gasteiger partial charge in [-0.25, -0.2) is 0 Å². The van der Waals surface area contributed by atoms with Gasteiger partial charge in [-0.15, -0.1) is 11.8 Å². The molecule has 0 aliphatic carbocycles. The molecule has 5 heteroatoms. The molecule has 2 unspecified atom stereocenters. The van der Waals surface area contributed by atoms with Gasteiger partial charge < -0.3 is 10.8 Å². The number of halogens is 1. The number of rotatable bonds is 4. The minimum atomic E-state index is -0.378. The molecule has 0 spiro atoms. The lowest BCUT2D eigenvalue weighted by Crippen LogP contribution is -2.15. The van der Waals surface area contributed by atoms with Gasteiger partial charge in [0.15, 0.2) is 0 Å². The Morgan fingerprint density at radius 2 is 2.12 bits per heavy atom. The summed E-state index contributed by atoms with van der Waals surface area (Å²) in [6.07, 6.45) is -0.378. The van der Waals surface area contributed by atoms with Crippen LogP contribution in [-0.2, 0) is 0 Å². The van der Waals surface area contributed by atoms with E-state index >= 15 is 0 Å². The molecule has 1 aromatic rings. The summed E-state index contributed by atoms with van der Waals surface area (Å²) in [7, 11) is 0. The van der Waals surface area contributed by atoms with Crippen LogP contribution < -0.4 is 5.73 Å². The van der Waals surface area contributed by atoms with E-state index in [9.17, 15) is 5.11 Å². The van der Waals surface area contributed by atoms with Gasteiger partial charge in [-0.05, 0) is 25.1 Å². The van der Waals surface area contributed by atoms with Crippen molar-refractivity contribution >= 4 is 29.2 Å². The fraction of sp³-hybridized carbons (Fsp3) is 0.364. The van der Waals surface area contributed by atoms with Crippen LogP contribution in [0.5, 0.6) is 0 Å². The van der Waals surface area contributed by atoms with E-state index in [1.54, 1.807) is 30.8 Å². The third-order valence-electron chi connectivity index (χ3n) is 2.23. The van der Waals surface area contributed by atoms with Gasteiger partial charge in [0.25, 0.3) is 0 Å². The molecule has 0 amide bonds. The summed E-state index contributed by atoms with van der Waals surface area (Å²) in [4.78, 5) is 0.961. The highest BCUT2D eigenvalue weighted by Gasteiger charge is 2.12. The average Bonchev–Trinajstić information content (AvgIpc) is 2.16. The molecule has 0 radical (unpaired) electrons. The molecule has 0 bridgehead atoms. The molecule has 0 saturated heterocycles. The fourth-order valence-electron chi connectivity index (χ4n) is 1.10. The first-order valence-electron chi connectivity index (χ1n) is 4.90.